The van der Waals surface area contributed by atoms with Crippen molar-refractivity contribution < 1.29 is 23.9 Å². The molecule has 0 aromatic carbocycles. The van der Waals surface area contributed by atoms with Crippen molar-refractivity contribution in [1.82, 2.24) is 9.80 Å². The highest BCUT2D eigenvalue weighted by molar-refractivity contribution is 5.89. The second kappa shape index (κ2) is 12.6. The number of unbranched alkanes of at least 4 members (excludes halogenated alkanes) is 1. The molecule has 7 heteroatoms. The van der Waals surface area contributed by atoms with Gasteiger partial charge in [0.15, 0.2) is 0 Å². The number of esters is 1. The summed E-state index contributed by atoms with van der Waals surface area (Å²) in [5.74, 6) is -0.966. The van der Waals surface area contributed by atoms with Crippen LogP contribution in [0.15, 0.2) is 0 Å². The van der Waals surface area contributed by atoms with Gasteiger partial charge in [0.2, 0.25) is 5.91 Å². The second-order valence-electron chi connectivity index (χ2n) is 7.57. The van der Waals surface area contributed by atoms with Gasteiger partial charge in [-0.25, -0.2) is 9.59 Å². The highest BCUT2D eigenvalue weighted by atomic mass is 16.6. The van der Waals surface area contributed by atoms with Gasteiger partial charge in [0.1, 0.15) is 12.1 Å². The molecule has 0 radical (unpaired) electrons. The lowest BCUT2D eigenvalue weighted by Gasteiger charge is -2.36. The summed E-state index contributed by atoms with van der Waals surface area (Å²) < 4.78 is 10.5. The SMILES string of the molecule is CCCCOC(=O)N(C)C(C(=O)N(C)C(C(=O)OCCC)C(C)C)C(C)C. The van der Waals surface area contributed by atoms with Crippen LogP contribution in [0.2, 0.25) is 0 Å². The first kappa shape index (κ1) is 25.2. The summed E-state index contributed by atoms with van der Waals surface area (Å²) in [6.45, 7) is 12.0. The number of hydrogen-bond donors (Lipinski definition) is 0. The molecule has 0 aliphatic carbocycles. The molecule has 0 aromatic rings. The Morgan fingerprint density at radius 2 is 1.33 bits per heavy atom. The van der Waals surface area contributed by atoms with Crippen molar-refractivity contribution in [1.29, 1.82) is 0 Å². The summed E-state index contributed by atoms with van der Waals surface area (Å²) in [5.41, 5.74) is 0. The molecule has 0 heterocycles. The molecule has 0 saturated heterocycles. The maximum Gasteiger partial charge on any atom is 0.410 e. The van der Waals surface area contributed by atoms with Crippen molar-refractivity contribution >= 4 is 18.0 Å². The van der Waals surface area contributed by atoms with Gasteiger partial charge in [-0.2, -0.15) is 0 Å². The summed E-state index contributed by atoms with van der Waals surface area (Å²) in [4.78, 5) is 40.6. The first-order valence-electron chi connectivity index (χ1n) is 9.92. The minimum Gasteiger partial charge on any atom is -0.464 e. The molecule has 0 rings (SSSR count). The topological polar surface area (TPSA) is 76.2 Å². The molecule has 0 spiro atoms. The Bertz CT molecular complexity index is 479. The van der Waals surface area contributed by atoms with Gasteiger partial charge in [0.25, 0.3) is 0 Å². The van der Waals surface area contributed by atoms with Crippen molar-refractivity contribution in [2.24, 2.45) is 11.8 Å². The molecule has 0 saturated carbocycles. The van der Waals surface area contributed by atoms with Crippen LogP contribution in [-0.2, 0) is 19.1 Å². The van der Waals surface area contributed by atoms with E-state index in [1.54, 1.807) is 14.1 Å². The van der Waals surface area contributed by atoms with Crippen LogP contribution in [0.1, 0.15) is 60.8 Å². The molecule has 0 aliphatic rings. The van der Waals surface area contributed by atoms with Gasteiger partial charge in [0.05, 0.1) is 13.2 Å². The zero-order chi connectivity index (χ0) is 21.1. The number of ether oxygens (including phenoxy) is 2. The zero-order valence-electron chi connectivity index (χ0n) is 18.3. The van der Waals surface area contributed by atoms with Gasteiger partial charge in [-0.3, -0.25) is 9.69 Å². The largest absolute Gasteiger partial charge is 0.464 e. The average molecular weight is 387 g/mol. The smallest absolute Gasteiger partial charge is 0.410 e. The standard InChI is InChI=1S/C20H38N2O5/c1-9-11-13-27-20(25)22(8)16(14(3)4)18(23)21(7)17(15(5)6)19(24)26-12-10-2/h14-17H,9-13H2,1-8H3. The lowest BCUT2D eigenvalue weighted by molar-refractivity contribution is -0.158. The van der Waals surface area contributed by atoms with Crippen molar-refractivity contribution in [2.45, 2.75) is 72.9 Å². The molecule has 2 atom stereocenters. The molecule has 2 unspecified atom stereocenters. The number of rotatable bonds is 11. The zero-order valence-corrected chi connectivity index (χ0v) is 18.3. The predicted octanol–water partition coefficient (Wildman–Crippen LogP) is 3.32. The molecule has 2 amide bonds. The van der Waals surface area contributed by atoms with Crippen LogP contribution in [0.25, 0.3) is 0 Å². The minimum atomic E-state index is -0.718. The summed E-state index contributed by atoms with van der Waals surface area (Å²) in [5, 5.41) is 0. The first-order chi connectivity index (χ1) is 12.6. The lowest BCUT2D eigenvalue weighted by Crippen LogP contribution is -2.56. The van der Waals surface area contributed by atoms with Crippen LogP contribution >= 0.6 is 0 Å². The second-order valence-corrected chi connectivity index (χ2v) is 7.57. The monoisotopic (exact) mass is 386 g/mol. The summed E-state index contributed by atoms with van der Waals surface area (Å²) >= 11 is 0. The van der Waals surface area contributed by atoms with Crippen LogP contribution in [0.3, 0.4) is 0 Å². The molecule has 0 N–H and O–H groups in total. The van der Waals surface area contributed by atoms with Crippen molar-refractivity contribution in [3.05, 3.63) is 0 Å². The molecule has 0 bridgehead atoms. The van der Waals surface area contributed by atoms with Gasteiger partial charge in [0, 0.05) is 14.1 Å². The molecule has 0 aromatic heterocycles. The van der Waals surface area contributed by atoms with E-state index in [-0.39, 0.29) is 17.7 Å². The van der Waals surface area contributed by atoms with Crippen molar-refractivity contribution in [2.75, 3.05) is 27.3 Å². The molecule has 158 valence electrons. The summed E-state index contributed by atoms with van der Waals surface area (Å²) in [7, 11) is 3.15. The van der Waals surface area contributed by atoms with E-state index >= 15 is 0 Å². The number of likely N-dealkylation sites (N-methyl/N-ethyl adjacent to an activating group) is 2. The lowest BCUT2D eigenvalue weighted by atomic mass is 9.98. The van der Waals surface area contributed by atoms with E-state index in [1.165, 1.54) is 9.80 Å². The van der Waals surface area contributed by atoms with E-state index in [1.807, 2.05) is 41.5 Å². The minimum absolute atomic E-state index is 0.113. The maximum absolute atomic E-state index is 13.2. The van der Waals surface area contributed by atoms with Gasteiger partial charge >= 0.3 is 12.1 Å². The van der Waals surface area contributed by atoms with E-state index in [9.17, 15) is 14.4 Å². The third-order valence-electron chi connectivity index (χ3n) is 4.40. The molecular formula is C20H38N2O5. The van der Waals surface area contributed by atoms with Crippen LogP contribution in [-0.4, -0.2) is 67.2 Å². The van der Waals surface area contributed by atoms with E-state index in [4.69, 9.17) is 9.47 Å². The normalized spacial score (nSPS) is 13.3. The number of carbonyl (C=O) groups excluding carboxylic acids is 3. The van der Waals surface area contributed by atoms with Crippen LogP contribution < -0.4 is 0 Å². The molecule has 0 fully saturated rings. The van der Waals surface area contributed by atoms with E-state index < -0.39 is 24.1 Å². The van der Waals surface area contributed by atoms with E-state index in [0.717, 1.165) is 19.3 Å². The Kier molecular flexibility index (Phi) is 11.7. The van der Waals surface area contributed by atoms with Gasteiger partial charge in [-0.05, 0) is 24.7 Å². The van der Waals surface area contributed by atoms with Gasteiger partial charge in [-0.1, -0.05) is 48.0 Å². The van der Waals surface area contributed by atoms with E-state index in [2.05, 4.69) is 0 Å². The summed E-state index contributed by atoms with van der Waals surface area (Å²) in [6, 6.07) is -1.42. The fourth-order valence-corrected chi connectivity index (χ4v) is 2.93. The molecule has 27 heavy (non-hydrogen) atoms. The van der Waals surface area contributed by atoms with Crippen LogP contribution in [0.4, 0.5) is 4.79 Å². The number of carbonyl (C=O) groups is 3. The number of nitrogens with zero attached hydrogens (tertiary/aromatic N) is 2. The first-order valence-corrected chi connectivity index (χ1v) is 9.92. The quantitative estimate of drug-likeness (QED) is 0.402. The Morgan fingerprint density at radius 3 is 1.78 bits per heavy atom. The van der Waals surface area contributed by atoms with Crippen molar-refractivity contribution in [3.8, 4) is 0 Å². The average Bonchev–Trinajstić information content (AvgIpc) is 2.59. The summed E-state index contributed by atoms with van der Waals surface area (Å²) in [6.07, 6.45) is 1.88. The van der Waals surface area contributed by atoms with Gasteiger partial charge < -0.3 is 14.4 Å². The number of hydrogen-bond acceptors (Lipinski definition) is 5. The highest BCUT2D eigenvalue weighted by Crippen LogP contribution is 2.19. The van der Waals surface area contributed by atoms with Crippen LogP contribution in [0, 0.1) is 11.8 Å². The third kappa shape index (κ3) is 7.77. The van der Waals surface area contributed by atoms with E-state index in [0.29, 0.717) is 13.2 Å². The molecule has 7 nitrogen and oxygen atoms in total. The Balaban J connectivity index is 5.35. The van der Waals surface area contributed by atoms with Gasteiger partial charge in [-0.15, -0.1) is 0 Å². The Hall–Kier alpha value is -1.79. The fourth-order valence-electron chi connectivity index (χ4n) is 2.93. The molecule has 0 aliphatic heterocycles. The van der Waals surface area contributed by atoms with Crippen LogP contribution in [0.5, 0.6) is 0 Å². The maximum atomic E-state index is 13.2. The Morgan fingerprint density at radius 1 is 0.778 bits per heavy atom. The van der Waals surface area contributed by atoms with Crippen molar-refractivity contribution in [3.63, 3.8) is 0 Å². The highest BCUT2D eigenvalue weighted by Gasteiger charge is 2.38. The molecular weight excluding hydrogens is 348 g/mol. The third-order valence-corrected chi connectivity index (χ3v) is 4.40. The fraction of sp³-hybridized carbons (Fsp3) is 0.850. The predicted molar refractivity (Wildman–Crippen MR) is 105 cm³/mol. The number of amides is 2. The Labute approximate surface area is 164 Å².